The van der Waals surface area contributed by atoms with Gasteiger partial charge in [0.05, 0.1) is 0 Å². The van der Waals surface area contributed by atoms with Crippen LogP contribution in [0.5, 0.6) is 0 Å². The molecule has 0 aliphatic rings. The number of hydrogen-bond donors (Lipinski definition) is 0. The van der Waals surface area contributed by atoms with Gasteiger partial charge in [0.2, 0.25) is 0 Å². The fourth-order valence-electron chi connectivity index (χ4n) is 9.41. The van der Waals surface area contributed by atoms with Crippen LogP contribution >= 0.6 is 0 Å². The van der Waals surface area contributed by atoms with Gasteiger partial charge in [-0.1, -0.05) is 296 Å². The highest BCUT2D eigenvalue weighted by molar-refractivity contribution is 5.71. The Morgan fingerprint density at radius 1 is 0.259 bits per heavy atom. The van der Waals surface area contributed by atoms with Crippen molar-refractivity contribution in [3.05, 3.63) is 122 Å². The maximum atomic E-state index is 12.9. The lowest BCUT2D eigenvalue weighted by Gasteiger charge is -2.18. The van der Waals surface area contributed by atoms with Gasteiger partial charge in [0.15, 0.2) is 6.10 Å². The lowest BCUT2D eigenvalue weighted by molar-refractivity contribution is -0.167. The average Bonchev–Trinajstić information content (AvgIpc) is 3.47. The van der Waals surface area contributed by atoms with Crippen LogP contribution in [0.15, 0.2) is 122 Å². The number of hydrogen-bond acceptors (Lipinski definition) is 6. The maximum Gasteiger partial charge on any atom is 0.306 e. The molecule has 6 heteroatoms. The van der Waals surface area contributed by atoms with E-state index in [4.69, 9.17) is 14.2 Å². The van der Waals surface area contributed by atoms with Crippen molar-refractivity contribution >= 4 is 17.9 Å². The summed E-state index contributed by atoms with van der Waals surface area (Å²) in [6.07, 6.45) is 95.1. The summed E-state index contributed by atoms with van der Waals surface area (Å²) in [6, 6.07) is 0. The predicted octanol–water partition coefficient (Wildman–Crippen LogP) is 23.6. The third-order valence-corrected chi connectivity index (χ3v) is 14.4. The van der Waals surface area contributed by atoms with E-state index in [9.17, 15) is 14.4 Å². The Labute approximate surface area is 501 Å². The second kappa shape index (κ2) is 68.3. The molecule has 0 aromatic heterocycles. The molecule has 0 heterocycles. The molecule has 1 unspecified atom stereocenters. The molecule has 1 atom stereocenters. The van der Waals surface area contributed by atoms with Gasteiger partial charge in [0, 0.05) is 19.3 Å². The van der Waals surface area contributed by atoms with E-state index in [0.29, 0.717) is 19.3 Å². The smallest absolute Gasteiger partial charge is 0.306 e. The Morgan fingerprint density at radius 3 is 0.815 bits per heavy atom. The van der Waals surface area contributed by atoms with Crippen LogP contribution in [0.4, 0.5) is 0 Å². The summed E-state index contributed by atoms with van der Waals surface area (Å²) in [7, 11) is 0. The molecule has 0 aliphatic heterocycles. The maximum absolute atomic E-state index is 12.9. The first kappa shape index (κ1) is 76.8. The Bertz CT molecular complexity index is 1670. The van der Waals surface area contributed by atoms with Gasteiger partial charge in [-0.2, -0.15) is 0 Å². The molecule has 0 bridgehead atoms. The van der Waals surface area contributed by atoms with Crippen LogP contribution in [0.25, 0.3) is 0 Å². The molecule has 6 nitrogen and oxygen atoms in total. The zero-order valence-electron chi connectivity index (χ0n) is 53.0. The number of rotatable bonds is 61. The van der Waals surface area contributed by atoms with E-state index in [2.05, 4.69) is 142 Å². The third kappa shape index (κ3) is 66.5. The summed E-state index contributed by atoms with van der Waals surface area (Å²) in [5.41, 5.74) is 0. The largest absolute Gasteiger partial charge is 0.462 e. The highest BCUT2D eigenvalue weighted by Crippen LogP contribution is 2.16. The second-order valence-electron chi connectivity index (χ2n) is 22.3. The van der Waals surface area contributed by atoms with Crippen LogP contribution in [0, 0.1) is 0 Å². The van der Waals surface area contributed by atoms with Crippen LogP contribution in [-0.2, 0) is 28.6 Å². The molecule has 0 spiro atoms. The Morgan fingerprint density at radius 2 is 0.494 bits per heavy atom. The van der Waals surface area contributed by atoms with Gasteiger partial charge < -0.3 is 14.2 Å². The van der Waals surface area contributed by atoms with E-state index in [1.165, 1.54) is 154 Å². The van der Waals surface area contributed by atoms with E-state index in [1.54, 1.807) is 0 Å². The van der Waals surface area contributed by atoms with Crippen molar-refractivity contribution in [3.8, 4) is 0 Å². The monoisotopic (exact) mass is 1120 g/mol. The molecule has 0 aromatic carbocycles. The summed E-state index contributed by atoms with van der Waals surface area (Å²) in [4.78, 5) is 38.4. The number of allylic oxidation sites excluding steroid dienone is 20. The molecule has 0 radical (unpaired) electrons. The van der Waals surface area contributed by atoms with Crippen molar-refractivity contribution in [2.45, 2.75) is 322 Å². The first-order chi connectivity index (χ1) is 40.0. The van der Waals surface area contributed by atoms with Crippen LogP contribution < -0.4 is 0 Å². The van der Waals surface area contributed by atoms with E-state index in [-0.39, 0.29) is 37.5 Å². The van der Waals surface area contributed by atoms with Crippen LogP contribution in [0.3, 0.4) is 0 Å². The first-order valence-electron chi connectivity index (χ1n) is 34.0. The fourth-order valence-corrected chi connectivity index (χ4v) is 9.41. The fraction of sp³-hybridized carbons (Fsp3) is 0.693. The lowest BCUT2D eigenvalue weighted by Crippen LogP contribution is -2.30. The van der Waals surface area contributed by atoms with E-state index >= 15 is 0 Å². The van der Waals surface area contributed by atoms with Gasteiger partial charge in [-0.05, 0) is 122 Å². The Balaban J connectivity index is 4.39. The topological polar surface area (TPSA) is 78.9 Å². The number of unbranched alkanes of at least 4 members (excludes halogenated alkanes) is 30. The summed E-state index contributed by atoms with van der Waals surface area (Å²) < 4.78 is 16.9. The van der Waals surface area contributed by atoms with Gasteiger partial charge in [0.25, 0.3) is 0 Å². The van der Waals surface area contributed by atoms with Crippen LogP contribution in [0.1, 0.15) is 316 Å². The Hall–Kier alpha value is -4.19. The molecular weight excluding hydrogens is 997 g/mol. The van der Waals surface area contributed by atoms with Gasteiger partial charge in [-0.3, -0.25) is 14.4 Å². The molecule has 0 rings (SSSR count). The van der Waals surface area contributed by atoms with Crippen LogP contribution in [-0.4, -0.2) is 37.2 Å². The molecule has 0 saturated heterocycles. The molecule has 0 saturated carbocycles. The summed E-state index contributed by atoms with van der Waals surface area (Å²) in [6.45, 7) is 6.38. The molecule has 0 aromatic rings. The summed E-state index contributed by atoms with van der Waals surface area (Å²) >= 11 is 0. The zero-order valence-corrected chi connectivity index (χ0v) is 53.0. The lowest BCUT2D eigenvalue weighted by atomic mass is 10.0. The predicted molar refractivity (Wildman–Crippen MR) is 353 cm³/mol. The highest BCUT2D eigenvalue weighted by atomic mass is 16.6. The van der Waals surface area contributed by atoms with Crippen molar-refractivity contribution in [2.24, 2.45) is 0 Å². The van der Waals surface area contributed by atoms with Crippen molar-refractivity contribution in [1.82, 2.24) is 0 Å². The molecular formula is C75H126O6. The summed E-state index contributed by atoms with van der Waals surface area (Å²) in [5.74, 6) is -0.970. The van der Waals surface area contributed by atoms with Crippen LogP contribution in [0.2, 0.25) is 0 Å². The normalized spacial score (nSPS) is 12.9. The van der Waals surface area contributed by atoms with Gasteiger partial charge in [-0.15, -0.1) is 0 Å². The standard InChI is InChI=1S/C75H126O6/c1-4-7-10-13-16-19-22-25-28-31-33-34-35-36-37-38-39-40-42-44-47-50-53-56-59-62-65-68-74(77)80-71-72(70-79-73(76)67-64-61-58-55-52-49-46-43-30-27-24-21-18-15-12-9-6-3)81-75(78)69-66-63-60-57-54-51-48-45-41-32-29-26-23-20-17-14-11-8-5-2/h8-9,11-12,17-18,20-21,26-27,29-31,33,41,45-46,49,55,58,72H,4-7,10,13-16,19,22-25,28,32,34-40,42-44,47-48,50-54,56-57,59-71H2,1-3H3/b11-8-,12-9-,20-17-,21-18-,29-26-,30-27-,33-31-,45-41-,49-46-,58-55-. The summed E-state index contributed by atoms with van der Waals surface area (Å²) in [5, 5.41) is 0. The van der Waals surface area contributed by atoms with Crippen molar-refractivity contribution < 1.29 is 28.6 Å². The number of esters is 3. The Kier molecular flexibility index (Phi) is 64.8. The minimum absolute atomic E-state index is 0.103. The highest BCUT2D eigenvalue weighted by Gasteiger charge is 2.19. The molecule has 0 fully saturated rings. The second-order valence-corrected chi connectivity index (χ2v) is 22.3. The molecule has 81 heavy (non-hydrogen) atoms. The number of carbonyl (C=O) groups is 3. The molecule has 0 N–H and O–H groups in total. The van der Waals surface area contributed by atoms with Crippen molar-refractivity contribution in [2.75, 3.05) is 13.2 Å². The number of carbonyl (C=O) groups excluding carboxylic acids is 3. The van der Waals surface area contributed by atoms with E-state index in [0.717, 1.165) is 116 Å². The van der Waals surface area contributed by atoms with Crippen molar-refractivity contribution in [3.63, 3.8) is 0 Å². The third-order valence-electron chi connectivity index (χ3n) is 14.4. The van der Waals surface area contributed by atoms with Gasteiger partial charge in [-0.25, -0.2) is 0 Å². The van der Waals surface area contributed by atoms with Gasteiger partial charge >= 0.3 is 17.9 Å². The average molecular weight is 1120 g/mol. The quantitative estimate of drug-likeness (QED) is 0.0261. The minimum Gasteiger partial charge on any atom is -0.462 e. The van der Waals surface area contributed by atoms with Crippen molar-refractivity contribution in [1.29, 1.82) is 0 Å². The zero-order chi connectivity index (χ0) is 58.5. The molecule has 0 amide bonds. The van der Waals surface area contributed by atoms with Gasteiger partial charge in [0.1, 0.15) is 13.2 Å². The van der Waals surface area contributed by atoms with E-state index < -0.39 is 6.10 Å². The minimum atomic E-state index is -0.814. The molecule has 462 valence electrons. The SMILES string of the molecule is CC/C=C\C/C=C\C/C=C\C/C=C\C/C=C\CCCC(=O)OCC(COC(=O)CCCCCCCCCCCCCCCCC/C=C\CCCCCCCCCC)OC(=O)CCCCCCCC/C=C\C/C=C\C/C=C\C/C=C\CC. The van der Waals surface area contributed by atoms with E-state index in [1.807, 2.05) is 0 Å². The molecule has 0 aliphatic carbocycles. The first-order valence-corrected chi connectivity index (χ1v) is 34.0. The number of ether oxygens (including phenoxy) is 3.